The molecule has 6 heteroatoms. The maximum Gasteiger partial charge on any atom is 0.268 e. The van der Waals surface area contributed by atoms with Crippen molar-refractivity contribution in [1.29, 1.82) is 0 Å². The molecule has 3 nitrogen and oxygen atoms in total. The quantitative estimate of drug-likeness (QED) is 0.727. The van der Waals surface area contributed by atoms with Crippen molar-refractivity contribution in [3.05, 3.63) is 57.0 Å². The van der Waals surface area contributed by atoms with Gasteiger partial charge in [-0.25, -0.2) is 0 Å². The third-order valence-corrected chi connectivity index (χ3v) is 4.00. The maximum absolute atomic E-state index is 12.4. The molecule has 0 bridgehead atoms. The Morgan fingerprint density at radius 2 is 1.77 bits per heavy atom. The first-order chi connectivity index (χ1) is 10.3. The largest absolute Gasteiger partial charge is 0.478 e. The zero-order chi connectivity index (χ0) is 16.3. The Bertz CT molecular complexity index is 687. The van der Waals surface area contributed by atoms with E-state index in [9.17, 15) is 4.79 Å². The summed E-state index contributed by atoms with van der Waals surface area (Å²) >= 11 is 15.3. The SMILES string of the molecule is CC(C)(Oc1ccc(Br)cc1)C(=O)Nc1cc(Cl)ccc1Cl. The van der Waals surface area contributed by atoms with E-state index in [4.69, 9.17) is 27.9 Å². The highest BCUT2D eigenvalue weighted by atomic mass is 79.9. The fourth-order valence-electron chi connectivity index (χ4n) is 1.71. The summed E-state index contributed by atoms with van der Waals surface area (Å²) in [5, 5.41) is 3.64. The smallest absolute Gasteiger partial charge is 0.268 e. The Labute approximate surface area is 147 Å². The number of rotatable bonds is 4. The van der Waals surface area contributed by atoms with Crippen LogP contribution in [-0.2, 0) is 4.79 Å². The van der Waals surface area contributed by atoms with Crippen molar-refractivity contribution in [3.8, 4) is 5.75 Å². The molecule has 22 heavy (non-hydrogen) atoms. The minimum atomic E-state index is -1.07. The van der Waals surface area contributed by atoms with Crippen LogP contribution in [0.3, 0.4) is 0 Å². The van der Waals surface area contributed by atoms with Gasteiger partial charge >= 0.3 is 0 Å². The van der Waals surface area contributed by atoms with E-state index in [0.717, 1.165) is 4.47 Å². The number of halogens is 3. The van der Waals surface area contributed by atoms with E-state index in [2.05, 4.69) is 21.2 Å². The molecule has 0 heterocycles. The zero-order valence-electron chi connectivity index (χ0n) is 12.0. The number of hydrogen-bond donors (Lipinski definition) is 1. The van der Waals surface area contributed by atoms with Crippen LogP contribution >= 0.6 is 39.1 Å². The summed E-state index contributed by atoms with van der Waals surface area (Å²) in [6, 6.07) is 12.1. The Morgan fingerprint density at radius 3 is 2.41 bits per heavy atom. The number of benzene rings is 2. The molecule has 0 aliphatic carbocycles. The number of carbonyl (C=O) groups excluding carboxylic acids is 1. The molecule has 0 unspecified atom stereocenters. The molecule has 0 saturated carbocycles. The molecular formula is C16H14BrCl2NO2. The second-order valence-corrected chi connectivity index (χ2v) is 6.90. The molecule has 0 aliphatic rings. The lowest BCUT2D eigenvalue weighted by atomic mass is 10.1. The summed E-state index contributed by atoms with van der Waals surface area (Å²) < 4.78 is 6.69. The van der Waals surface area contributed by atoms with Crippen LogP contribution in [0.2, 0.25) is 10.0 Å². The van der Waals surface area contributed by atoms with Crippen LogP contribution < -0.4 is 10.1 Å². The third kappa shape index (κ3) is 4.38. The molecule has 0 aliphatic heterocycles. The highest BCUT2D eigenvalue weighted by molar-refractivity contribution is 9.10. The zero-order valence-corrected chi connectivity index (χ0v) is 15.1. The summed E-state index contributed by atoms with van der Waals surface area (Å²) in [6.45, 7) is 3.37. The summed E-state index contributed by atoms with van der Waals surface area (Å²) in [6.07, 6.45) is 0. The second kappa shape index (κ2) is 6.90. The molecule has 0 saturated heterocycles. The van der Waals surface area contributed by atoms with Crippen LogP contribution in [0.4, 0.5) is 5.69 Å². The Balaban J connectivity index is 2.13. The van der Waals surface area contributed by atoms with Gasteiger partial charge in [0.15, 0.2) is 5.60 Å². The van der Waals surface area contributed by atoms with Crippen molar-refractivity contribution < 1.29 is 9.53 Å². The molecule has 0 atom stereocenters. The molecule has 0 fully saturated rings. The van der Waals surface area contributed by atoms with Crippen LogP contribution in [0, 0.1) is 0 Å². The Kier molecular flexibility index (Phi) is 5.37. The second-order valence-electron chi connectivity index (χ2n) is 5.14. The predicted octanol–water partition coefficient (Wildman–Crippen LogP) is 5.55. The standard InChI is InChI=1S/C16H14BrCl2NO2/c1-16(2,22-12-6-3-10(17)4-7-12)15(21)20-14-9-11(18)5-8-13(14)19/h3-9H,1-2H3,(H,20,21). The summed E-state index contributed by atoms with van der Waals surface area (Å²) in [5.74, 6) is 0.278. The van der Waals surface area contributed by atoms with E-state index < -0.39 is 5.60 Å². The van der Waals surface area contributed by atoms with E-state index in [-0.39, 0.29) is 5.91 Å². The summed E-state index contributed by atoms with van der Waals surface area (Å²) in [5.41, 5.74) is -0.619. The number of hydrogen-bond acceptors (Lipinski definition) is 2. The molecule has 1 N–H and O–H groups in total. The van der Waals surface area contributed by atoms with Crippen molar-refractivity contribution in [2.24, 2.45) is 0 Å². The average Bonchev–Trinajstić information content (AvgIpc) is 2.45. The van der Waals surface area contributed by atoms with Crippen molar-refractivity contribution in [2.75, 3.05) is 5.32 Å². The lowest BCUT2D eigenvalue weighted by Crippen LogP contribution is -2.42. The minimum absolute atomic E-state index is 0.320. The van der Waals surface area contributed by atoms with Crippen LogP contribution in [0.1, 0.15) is 13.8 Å². The summed E-state index contributed by atoms with van der Waals surface area (Å²) in [4.78, 5) is 12.4. The van der Waals surface area contributed by atoms with Crippen LogP contribution in [0.5, 0.6) is 5.75 Å². The van der Waals surface area contributed by atoms with Gasteiger partial charge in [0.25, 0.3) is 5.91 Å². The van der Waals surface area contributed by atoms with Crippen LogP contribution in [0.15, 0.2) is 46.9 Å². The molecule has 2 aromatic carbocycles. The van der Waals surface area contributed by atoms with Crippen molar-refractivity contribution in [1.82, 2.24) is 0 Å². The first-order valence-corrected chi connectivity index (χ1v) is 8.04. The van der Waals surface area contributed by atoms with Gasteiger partial charge in [-0.1, -0.05) is 39.1 Å². The van der Waals surface area contributed by atoms with Gasteiger partial charge in [-0.05, 0) is 56.3 Å². The van der Waals surface area contributed by atoms with Crippen molar-refractivity contribution in [2.45, 2.75) is 19.4 Å². The number of amides is 1. The third-order valence-electron chi connectivity index (χ3n) is 2.91. The lowest BCUT2D eigenvalue weighted by Gasteiger charge is -2.25. The topological polar surface area (TPSA) is 38.3 Å². The number of anilines is 1. The van der Waals surface area contributed by atoms with Crippen LogP contribution in [0.25, 0.3) is 0 Å². The van der Waals surface area contributed by atoms with E-state index in [1.165, 1.54) is 0 Å². The Hall–Kier alpha value is -1.23. The van der Waals surface area contributed by atoms with Gasteiger partial charge in [-0.3, -0.25) is 4.79 Å². The molecule has 2 aromatic rings. The van der Waals surface area contributed by atoms with E-state index in [1.54, 1.807) is 44.2 Å². The molecule has 0 aromatic heterocycles. The molecule has 0 spiro atoms. The van der Waals surface area contributed by atoms with Crippen molar-refractivity contribution >= 4 is 50.7 Å². The first kappa shape index (κ1) is 17.1. The normalized spacial score (nSPS) is 11.1. The highest BCUT2D eigenvalue weighted by Gasteiger charge is 2.30. The molecule has 116 valence electrons. The fraction of sp³-hybridized carbons (Fsp3) is 0.188. The number of carbonyl (C=O) groups is 1. The monoisotopic (exact) mass is 401 g/mol. The summed E-state index contributed by atoms with van der Waals surface area (Å²) in [7, 11) is 0. The predicted molar refractivity (Wildman–Crippen MR) is 93.9 cm³/mol. The van der Waals surface area contributed by atoms with Crippen molar-refractivity contribution in [3.63, 3.8) is 0 Å². The van der Waals surface area contributed by atoms with Gasteiger partial charge in [-0.15, -0.1) is 0 Å². The number of nitrogens with one attached hydrogen (secondary N) is 1. The minimum Gasteiger partial charge on any atom is -0.478 e. The van der Waals surface area contributed by atoms with Gasteiger partial charge in [0.1, 0.15) is 5.75 Å². The molecular weight excluding hydrogens is 389 g/mol. The van der Waals surface area contributed by atoms with Crippen LogP contribution in [-0.4, -0.2) is 11.5 Å². The van der Waals surface area contributed by atoms with Gasteiger partial charge < -0.3 is 10.1 Å². The maximum atomic E-state index is 12.4. The van der Waals surface area contributed by atoms with Gasteiger partial charge in [0.05, 0.1) is 10.7 Å². The molecule has 0 radical (unpaired) electrons. The number of ether oxygens (including phenoxy) is 1. The average molecular weight is 403 g/mol. The van der Waals surface area contributed by atoms with E-state index in [1.807, 2.05) is 12.1 Å². The first-order valence-electron chi connectivity index (χ1n) is 6.49. The van der Waals surface area contributed by atoms with Gasteiger partial charge in [-0.2, -0.15) is 0 Å². The fourth-order valence-corrected chi connectivity index (χ4v) is 2.31. The van der Waals surface area contributed by atoms with E-state index >= 15 is 0 Å². The molecule has 2 rings (SSSR count). The Morgan fingerprint density at radius 1 is 1.14 bits per heavy atom. The van der Waals surface area contributed by atoms with Gasteiger partial charge in [0.2, 0.25) is 0 Å². The molecule has 1 amide bonds. The van der Waals surface area contributed by atoms with Gasteiger partial charge in [0, 0.05) is 9.50 Å². The van der Waals surface area contributed by atoms with E-state index in [0.29, 0.717) is 21.5 Å². The highest BCUT2D eigenvalue weighted by Crippen LogP contribution is 2.27. The lowest BCUT2D eigenvalue weighted by molar-refractivity contribution is -0.128.